The molecule has 0 saturated heterocycles. The molecule has 152 valence electrons. The maximum absolute atomic E-state index is 12.1. The van der Waals surface area contributed by atoms with Gasteiger partial charge in [-0.25, -0.2) is 9.59 Å². The van der Waals surface area contributed by atoms with Gasteiger partial charge in [-0.15, -0.1) is 0 Å². The summed E-state index contributed by atoms with van der Waals surface area (Å²) in [5.41, 5.74) is -0.0735. The normalized spacial score (nSPS) is 13.3. The van der Waals surface area contributed by atoms with Crippen LogP contribution in [0.1, 0.15) is 54.3 Å². The number of carbonyl (C=O) groups excluding carboxylic acids is 4. The number of imide groups is 1. The third-order valence-corrected chi connectivity index (χ3v) is 4.57. The Morgan fingerprint density at radius 3 is 2.25 bits per heavy atom. The first-order valence-electron chi connectivity index (χ1n) is 8.92. The smallest absolute Gasteiger partial charge is 0.407 e. The first-order chi connectivity index (χ1) is 13.2. The molecule has 0 unspecified atom stereocenters. The molecule has 1 aliphatic heterocycles. The highest BCUT2D eigenvalue weighted by Crippen LogP contribution is 2.23. The summed E-state index contributed by atoms with van der Waals surface area (Å²) < 4.78 is 5.12. The van der Waals surface area contributed by atoms with Crippen LogP contribution >= 0.6 is 11.8 Å². The van der Waals surface area contributed by atoms with Crippen molar-refractivity contribution in [2.75, 3.05) is 18.1 Å². The second-order valence-corrected chi connectivity index (χ2v) is 8.21. The van der Waals surface area contributed by atoms with E-state index in [1.54, 1.807) is 32.9 Å². The Hall–Kier alpha value is -2.55. The molecule has 1 N–H and O–H groups in total. The zero-order chi connectivity index (χ0) is 20.7. The number of ether oxygens (including phenoxy) is 1. The second kappa shape index (κ2) is 9.59. The molecule has 0 bridgehead atoms. The quantitative estimate of drug-likeness (QED) is 0.521. The Kier molecular flexibility index (Phi) is 7.45. The molecule has 1 aromatic carbocycles. The molecule has 0 atom stereocenters. The van der Waals surface area contributed by atoms with E-state index in [1.165, 1.54) is 23.9 Å². The summed E-state index contributed by atoms with van der Waals surface area (Å²) in [4.78, 5) is 52.5. The van der Waals surface area contributed by atoms with Gasteiger partial charge in [-0.3, -0.25) is 9.59 Å². The van der Waals surface area contributed by atoms with Crippen LogP contribution < -0.4 is 5.32 Å². The zero-order valence-electron chi connectivity index (χ0n) is 16.1. The van der Waals surface area contributed by atoms with Crippen molar-refractivity contribution in [2.24, 2.45) is 0 Å². The molecule has 1 heterocycles. The topological polar surface area (TPSA) is 102 Å². The Bertz CT molecular complexity index is 724. The predicted molar refractivity (Wildman–Crippen MR) is 104 cm³/mol. The van der Waals surface area contributed by atoms with Gasteiger partial charge in [0.25, 0.3) is 11.8 Å². The number of unbranched alkanes of at least 4 members (excludes halogenated alkanes) is 1. The van der Waals surface area contributed by atoms with Gasteiger partial charge in [-0.2, -0.15) is 11.8 Å². The number of alkyl carbamates (subject to hydrolysis) is 1. The first kappa shape index (κ1) is 21.7. The molecule has 1 aromatic rings. The molecule has 2 rings (SSSR count). The maximum atomic E-state index is 12.1. The lowest BCUT2D eigenvalue weighted by Gasteiger charge is -2.19. The summed E-state index contributed by atoms with van der Waals surface area (Å²) in [6.45, 7) is 5.87. The third-order valence-electron chi connectivity index (χ3n) is 3.55. The average Bonchev–Trinajstić information content (AvgIpc) is 2.85. The van der Waals surface area contributed by atoms with Crippen LogP contribution in [0.4, 0.5) is 4.79 Å². The zero-order valence-corrected chi connectivity index (χ0v) is 17.0. The van der Waals surface area contributed by atoms with Crippen LogP contribution in [-0.4, -0.2) is 52.6 Å². The van der Waals surface area contributed by atoms with Crippen LogP contribution in [0.25, 0.3) is 0 Å². The molecule has 3 amide bonds. The number of benzene rings is 1. The van der Waals surface area contributed by atoms with Crippen molar-refractivity contribution in [2.45, 2.75) is 39.2 Å². The molecule has 0 aromatic heterocycles. The van der Waals surface area contributed by atoms with Gasteiger partial charge in [0.1, 0.15) is 5.60 Å². The van der Waals surface area contributed by atoms with Crippen LogP contribution in [0.15, 0.2) is 24.3 Å². The van der Waals surface area contributed by atoms with E-state index in [1.807, 2.05) is 0 Å². The van der Waals surface area contributed by atoms with Gasteiger partial charge in [-0.05, 0) is 51.5 Å². The molecule has 0 fully saturated rings. The van der Waals surface area contributed by atoms with E-state index in [-0.39, 0.29) is 16.9 Å². The van der Waals surface area contributed by atoms with Crippen molar-refractivity contribution in [1.82, 2.24) is 10.4 Å². The summed E-state index contributed by atoms with van der Waals surface area (Å²) in [5.74, 6) is -1.23. The molecular weight excluding hydrogens is 384 g/mol. The van der Waals surface area contributed by atoms with Crippen LogP contribution in [0, 0.1) is 0 Å². The van der Waals surface area contributed by atoms with Crippen molar-refractivity contribution in [1.29, 1.82) is 0 Å². The standard InChI is InChI=1S/C19H24N2O6S/c1-19(2,3)26-18(25)20-10-6-7-11-28-12-15(22)27-21-16(23)13-8-4-5-9-14(13)17(21)24/h4-5,8-9H,6-7,10-12H2,1-3H3,(H,20,25). The van der Waals surface area contributed by atoms with Crippen LogP contribution in [0.2, 0.25) is 0 Å². The van der Waals surface area contributed by atoms with Gasteiger partial charge >= 0.3 is 12.1 Å². The van der Waals surface area contributed by atoms with E-state index in [2.05, 4.69) is 5.32 Å². The Morgan fingerprint density at radius 1 is 1.07 bits per heavy atom. The summed E-state index contributed by atoms with van der Waals surface area (Å²) >= 11 is 1.33. The monoisotopic (exact) mass is 408 g/mol. The molecule has 28 heavy (non-hydrogen) atoms. The minimum Gasteiger partial charge on any atom is -0.444 e. The van der Waals surface area contributed by atoms with E-state index in [4.69, 9.17) is 9.57 Å². The lowest BCUT2D eigenvalue weighted by Crippen LogP contribution is -2.33. The van der Waals surface area contributed by atoms with Gasteiger partial charge in [0.2, 0.25) is 0 Å². The van der Waals surface area contributed by atoms with Gasteiger partial charge in [0, 0.05) is 6.54 Å². The minimum absolute atomic E-state index is 0.0207. The fourth-order valence-electron chi connectivity index (χ4n) is 2.37. The van der Waals surface area contributed by atoms with Crippen LogP contribution in [0.3, 0.4) is 0 Å². The maximum Gasteiger partial charge on any atom is 0.407 e. The lowest BCUT2D eigenvalue weighted by atomic mass is 10.1. The van der Waals surface area contributed by atoms with E-state index in [0.717, 1.165) is 12.8 Å². The molecule has 0 spiro atoms. The van der Waals surface area contributed by atoms with Crippen LogP contribution in [-0.2, 0) is 14.4 Å². The Balaban J connectivity index is 1.60. The van der Waals surface area contributed by atoms with E-state index < -0.39 is 29.5 Å². The van der Waals surface area contributed by atoms with Gasteiger partial charge in [-0.1, -0.05) is 17.2 Å². The van der Waals surface area contributed by atoms with E-state index in [0.29, 0.717) is 17.4 Å². The van der Waals surface area contributed by atoms with Crippen molar-refractivity contribution >= 4 is 35.6 Å². The molecule has 1 aliphatic rings. The number of rotatable bonds is 8. The van der Waals surface area contributed by atoms with Gasteiger partial charge in [0.15, 0.2) is 0 Å². The molecule has 9 heteroatoms. The highest BCUT2D eigenvalue weighted by molar-refractivity contribution is 7.99. The highest BCUT2D eigenvalue weighted by atomic mass is 32.2. The first-order valence-corrected chi connectivity index (χ1v) is 10.1. The van der Waals surface area contributed by atoms with Crippen molar-refractivity contribution < 1.29 is 28.8 Å². The number of hydroxylamine groups is 2. The summed E-state index contributed by atoms with van der Waals surface area (Å²) in [6.07, 6.45) is 1.06. The summed E-state index contributed by atoms with van der Waals surface area (Å²) in [6, 6.07) is 6.32. The molecule has 0 aliphatic carbocycles. The van der Waals surface area contributed by atoms with Crippen molar-refractivity contribution in [3.63, 3.8) is 0 Å². The van der Waals surface area contributed by atoms with E-state index >= 15 is 0 Å². The predicted octanol–water partition coefficient (Wildman–Crippen LogP) is 2.78. The number of hydrogen-bond acceptors (Lipinski definition) is 7. The van der Waals surface area contributed by atoms with Crippen molar-refractivity contribution in [3.8, 4) is 0 Å². The number of carbonyl (C=O) groups is 4. The van der Waals surface area contributed by atoms with Crippen molar-refractivity contribution in [3.05, 3.63) is 35.4 Å². The molecule has 0 radical (unpaired) electrons. The fourth-order valence-corrected chi connectivity index (χ4v) is 3.14. The molecule has 0 saturated carbocycles. The second-order valence-electron chi connectivity index (χ2n) is 7.10. The molecular formula is C19H24N2O6S. The number of fused-ring (bicyclic) bond motifs is 1. The third kappa shape index (κ3) is 6.26. The van der Waals surface area contributed by atoms with Crippen LogP contribution in [0.5, 0.6) is 0 Å². The summed E-state index contributed by atoms with van der Waals surface area (Å²) in [5, 5.41) is 3.17. The van der Waals surface area contributed by atoms with E-state index in [9.17, 15) is 19.2 Å². The van der Waals surface area contributed by atoms with Gasteiger partial charge < -0.3 is 14.9 Å². The fraction of sp³-hybridized carbons (Fsp3) is 0.474. The largest absolute Gasteiger partial charge is 0.444 e. The highest BCUT2D eigenvalue weighted by Gasteiger charge is 2.38. The summed E-state index contributed by atoms with van der Waals surface area (Å²) in [7, 11) is 0. The Morgan fingerprint density at radius 2 is 1.68 bits per heavy atom. The average molecular weight is 408 g/mol. The number of hydrogen-bond donors (Lipinski definition) is 1. The Labute approximate surface area is 167 Å². The molecule has 8 nitrogen and oxygen atoms in total. The number of amides is 3. The lowest BCUT2D eigenvalue weighted by molar-refractivity contribution is -0.165. The van der Waals surface area contributed by atoms with Gasteiger partial charge in [0.05, 0.1) is 16.9 Å². The number of nitrogens with one attached hydrogen (secondary N) is 1. The SMILES string of the molecule is CC(C)(C)OC(=O)NCCCCSCC(=O)ON1C(=O)c2ccccc2C1=O. The number of thioether (sulfide) groups is 1. The number of nitrogens with zero attached hydrogens (tertiary/aromatic N) is 1. The minimum atomic E-state index is -0.661.